The third-order valence-corrected chi connectivity index (χ3v) is 6.79. The van der Waals surface area contributed by atoms with Crippen LogP contribution in [0.1, 0.15) is 39.2 Å². The highest BCUT2D eigenvalue weighted by Crippen LogP contribution is 2.42. The molecule has 3 aromatic carbocycles. The molecule has 0 spiro atoms. The Balaban J connectivity index is 1.55. The first-order valence-electron chi connectivity index (χ1n) is 11.6. The number of nitrogens with zero attached hydrogens (tertiary/aromatic N) is 2. The van der Waals surface area contributed by atoms with Crippen molar-refractivity contribution in [3.8, 4) is 0 Å². The standard InChI is InChI=1S/C29H22F2N2O2/c1-35-29(34)19-5-8-25-21(12-19)16-27(33-10-2-3-18-14-24(31)7-9-26(18)33)28(32-25)22-11-17-4-6-23(30)15-20(17)13-22/h4-9,12-16H,2-3,10-11H2,1H3. The van der Waals surface area contributed by atoms with Gasteiger partial charge in [0.25, 0.3) is 0 Å². The molecule has 1 aliphatic heterocycles. The molecular formula is C29H22F2N2O2. The molecule has 0 N–H and O–H groups in total. The first kappa shape index (κ1) is 21.5. The van der Waals surface area contributed by atoms with Crippen molar-refractivity contribution in [3.05, 3.63) is 100 Å². The van der Waals surface area contributed by atoms with Crippen LogP contribution >= 0.6 is 0 Å². The fourth-order valence-corrected chi connectivity index (χ4v) is 5.13. The Morgan fingerprint density at radius 3 is 2.63 bits per heavy atom. The van der Waals surface area contributed by atoms with E-state index in [0.717, 1.165) is 69.6 Å². The van der Waals surface area contributed by atoms with Crippen LogP contribution in [0.25, 0.3) is 22.6 Å². The summed E-state index contributed by atoms with van der Waals surface area (Å²) in [6.45, 7) is 0.754. The third-order valence-electron chi connectivity index (χ3n) is 6.79. The fraction of sp³-hybridized carbons (Fsp3) is 0.172. The molecule has 2 heterocycles. The van der Waals surface area contributed by atoms with Gasteiger partial charge in [0.1, 0.15) is 11.6 Å². The normalized spacial score (nSPS) is 14.5. The third kappa shape index (κ3) is 3.75. The highest BCUT2D eigenvalue weighted by Gasteiger charge is 2.26. The molecule has 35 heavy (non-hydrogen) atoms. The second-order valence-electron chi connectivity index (χ2n) is 8.97. The van der Waals surface area contributed by atoms with E-state index < -0.39 is 5.97 Å². The van der Waals surface area contributed by atoms with Crippen LogP contribution in [-0.4, -0.2) is 24.6 Å². The summed E-state index contributed by atoms with van der Waals surface area (Å²) in [5.41, 5.74) is 7.69. The zero-order valence-corrected chi connectivity index (χ0v) is 19.1. The quantitative estimate of drug-likeness (QED) is 0.323. The van der Waals surface area contributed by atoms with Crippen LogP contribution in [-0.2, 0) is 17.6 Å². The summed E-state index contributed by atoms with van der Waals surface area (Å²) in [6.07, 6.45) is 4.32. The Morgan fingerprint density at radius 1 is 0.943 bits per heavy atom. The zero-order chi connectivity index (χ0) is 24.1. The summed E-state index contributed by atoms with van der Waals surface area (Å²) < 4.78 is 32.8. The number of ether oxygens (including phenoxy) is 1. The maximum atomic E-state index is 14.0. The number of pyridine rings is 1. The number of hydrogen-bond donors (Lipinski definition) is 0. The molecule has 0 unspecified atom stereocenters. The van der Waals surface area contributed by atoms with Crippen molar-refractivity contribution < 1.29 is 18.3 Å². The Labute approximate surface area is 201 Å². The first-order chi connectivity index (χ1) is 17.0. The number of aryl methyl sites for hydroxylation is 1. The van der Waals surface area contributed by atoms with Gasteiger partial charge >= 0.3 is 5.97 Å². The number of benzene rings is 3. The van der Waals surface area contributed by atoms with Gasteiger partial charge < -0.3 is 9.64 Å². The fourth-order valence-electron chi connectivity index (χ4n) is 5.13. The molecule has 6 heteroatoms. The van der Waals surface area contributed by atoms with Crippen LogP contribution in [0.15, 0.2) is 60.7 Å². The van der Waals surface area contributed by atoms with Crippen molar-refractivity contribution in [2.45, 2.75) is 19.3 Å². The van der Waals surface area contributed by atoms with E-state index >= 15 is 0 Å². The molecule has 0 saturated heterocycles. The molecule has 0 saturated carbocycles. The number of carbonyl (C=O) groups excluding carboxylic acids is 1. The lowest BCUT2D eigenvalue weighted by molar-refractivity contribution is 0.0601. The summed E-state index contributed by atoms with van der Waals surface area (Å²) in [5, 5.41) is 0.808. The number of fused-ring (bicyclic) bond motifs is 3. The monoisotopic (exact) mass is 468 g/mol. The van der Waals surface area contributed by atoms with Crippen molar-refractivity contribution in [3.63, 3.8) is 0 Å². The van der Waals surface area contributed by atoms with Gasteiger partial charge in [-0.05, 0) is 95.8 Å². The smallest absolute Gasteiger partial charge is 0.337 e. The summed E-state index contributed by atoms with van der Waals surface area (Å²) in [5.74, 6) is -0.927. The summed E-state index contributed by atoms with van der Waals surface area (Å²) in [7, 11) is 1.36. The van der Waals surface area contributed by atoms with Crippen LogP contribution in [0.2, 0.25) is 0 Å². The van der Waals surface area contributed by atoms with Gasteiger partial charge in [-0.3, -0.25) is 0 Å². The topological polar surface area (TPSA) is 42.4 Å². The summed E-state index contributed by atoms with van der Waals surface area (Å²) >= 11 is 0. The Hall–Kier alpha value is -4.06. The first-order valence-corrected chi connectivity index (χ1v) is 11.6. The van der Waals surface area contributed by atoms with E-state index in [2.05, 4.69) is 4.90 Å². The van der Waals surface area contributed by atoms with E-state index in [1.165, 1.54) is 19.2 Å². The number of allylic oxidation sites excluding steroid dienone is 1. The van der Waals surface area contributed by atoms with Crippen molar-refractivity contribution >= 4 is 39.9 Å². The molecule has 174 valence electrons. The highest BCUT2D eigenvalue weighted by atomic mass is 19.1. The van der Waals surface area contributed by atoms with Crippen molar-refractivity contribution in [1.82, 2.24) is 4.98 Å². The van der Waals surface area contributed by atoms with Crippen molar-refractivity contribution in [1.29, 1.82) is 0 Å². The summed E-state index contributed by atoms with van der Waals surface area (Å²) in [4.78, 5) is 19.3. The number of hydrogen-bond acceptors (Lipinski definition) is 4. The molecule has 0 radical (unpaired) electrons. The van der Waals surface area contributed by atoms with E-state index in [4.69, 9.17) is 9.72 Å². The van der Waals surface area contributed by atoms with Gasteiger partial charge in [0, 0.05) is 24.0 Å². The molecule has 1 aromatic heterocycles. The van der Waals surface area contributed by atoms with Gasteiger partial charge in [0.15, 0.2) is 0 Å². The van der Waals surface area contributed by atoms with Crippen molar-refractivity contribution in [2.75, 3.05) is 18.6 Å². The number of aromatic nitrogens is 1. The minimum absolute atomic E-state index is 0.249. The molecule has 0 atom stereocenters. The lowest BCUT2D eigenvalue weighted by atomic mass is 9.98. The minimum Gasteiger partial charge on any atom is -0.465 e. The Morgan fingerprint density at radius 2 is 1.77 bits per heavy atom. The maximum absolute atomic E-state index is 14.0. The molecule has 1 aliphatic carbocycles. The number of halogens is 2. The summed E-state index contributed by atoms with van der Waals surface area (Å²) in [6, 6.07) is 17.1. The molecule has 0 fully saturated rings. The van der Waals surface area contributed by atoms with E-state index in [0.29, 0.717) is 12.0 Å². The second-order valence-corrected chi connectivity index (χ2v) is 8.97. The molecule has 0 amide bonds. The maximum Gasteiger partial charge on any atom is 0.337 e. The number of carbonyl (C=O) groups is 1. The van der Waals surface area contributed by atoms with Gasteiger partial charge in [0.05, 0.1) is 29.6 Å². The largest absolute Gasteiger partial charge is 0.465 e. The number of methoxy groups -OCH3 is 1. The molecule has 2 aliphatic rings. The predicted molar refractivity (Wildman–Crippen MR) is 133 cm³/mol. The Bertz CT molecular complexity index is 1540. The Kier molecular flexibility index (Phi) is 5.10. The lowest BCUT2D eigenvalue weighted by Gasteiger charge is -2.33. The average molecular weight is 469 g/mol. The number of esters is 1. The van der Waals surface area contributed by atoms with Crippen LogP contribution in [0.5, 0.6) is 0 Å². The number of rotatable bonds is 3. The second kappa shape index (κ2) is 8.31. The molecule has 4 aromatic rings. The van der Waals surface area contributed by atoms with E-state index in [1.807, 2.05) is 30.3 Å². The molecule has 6 rings (SSSR count). The van der Waals surface area contributed by atoms with Gasteiger partial charge in [-0.1, -0.05) is 6.07 Å². The van der Waals surface area contributed by atoms with Gasteiger partial charge in [-0.15, -0.1) is 0 Å². The molecule has 4 nitrogen and oxygen atoms in total. The van der Waals surface area contributed by atoms with Crippen molar-refractivity contribution in [2.24, 2.45) is 0 Å². The van der Waals surface area contributed by atoms with Crippen LogP contribution in [0.4, 0.5) is 20.2 Å². The SMILES string of the molecule is COC(=O)c1ccc2nc(C3=Cc4cc(F)ccc4C3)c(N3CCCc4cc(F)ccc43)cc2c1. The lowest BCUT2D eigenvalue weighted by Crippen LogP contribution is -2.26. The van der Waals surface area contributed by atoms with Crippen LogP contribution in [0.3, 0.4) is 0 Å². The minimum atomic E-state index is -0.410. The zero-order valence-electron chi connectivity index (χ0n) is 19.1. The van der Waals surface area contributed by atoms with Crippen LogP contribution < -0.4 is 4.90 Å². The highest BCUT2D eigenvalue weighted by molar-refractivity contribution is 5.99. The van der Waals surface area contributed by atoms with Gasteiger partial charge in [-0.25, -0.2) is 18.6 Å². The van der Waals surface area contributed by atoms with E-state index in [9.17, 15) is 13.6 Å². The average Bonchev–Trinajstić information content (AvgIpc) is 3.29. The van der Waals surface area contributed by atoms with Crippen LogP contribution in [0, 0.1) is 11.6 Å². The number of anilines is 2. The predicted octanol–water partition coefficient (Wildman–Crippen LogP) is 6.48. The van der Waals surface area contributed by atoms with Gasteiger partial charge in [-0.2, -0.15) is 0 Å². The molecule has 0 bridgehead atoms. The van der Waals surface area contributed by atoms with Gasteiger partial charge in [0.2, 0.25) is 0 Å². The molecular weight excluding hydrogens is 446 g/mol. The van der Waals surface area contributed by atoms with E-state index in [-0.39, 0.29) is 11.6 Å². The van der Waals surface area contributed by atoms with E-state index in [1.54, 1.807) is 24.3 Å².